The van der Waals surface area contributed by atoms with E-state index in [0.29, 0.717) is 19.3 Å². The maximum Gasteiger partial charge on any atom is 0.481 e. The molecule has 1 saturated heterocycles. The van der Waals surface area contributed by atoms with Gasteiger partial charge in [0.05, 0.1) is 19.3 Å². The number of unbranched alkanes of at least 4 members (excludes halogenated alkanes) is 12. The van der Waals surface area contributed by atoms with Crippen LogP contribution in [-0.2, 0) is 46.3 Å². The highest BCUT2D eigenvalue weighted by Gasteiger charge is 2.46. The molecule has 1 fully saturated rings. The Labute approximate surface area is 450 Å². The fourth-order valence-corrected chi connectivity index (χ4v) is 9.62. The van der Waals surface area contributed by atoms with Crippen molar-refractivity contribution >= 4 is 33.4 Å². The van der Waals surface area contributed by atoms with Crippen LogP contribution in [0.15, 0.2) is 102 Å². The normalized spacial score (nSPS) is 19.8. The van der Waals surface area contributed by atoms with E-state index in [-0.39, 0.29) is 24.8 Å². The van der Waals surface area contributed by atoms with Crippen LogP contribution >= 0.6 is 15.6 Å². The molecule has 2 rings (SSSR count). The first-order valence-electron chi connectivity index (χ1n) is 27.1. The zero-order valence-electron chi connectivity index (χ0n) is 44.9. The number of allylic oxidation sites excluding steroid dienone is 14. The van der Waals surface area contributed by atoms with Gasteiger partial charge in [0.1, 0.15) is 30.7 Å². The minimum Gasteiger partial charge on any atom is -0.462 e. The molecular formula is C55H89N3O16P2. The Kier molecular flexibility index (Phi) is 37.5. The second-order valence-electron chi connectivity index (χ2n) is 18.7. The summed E-state index contributed by atoms with van der Waals surface area (Å²) in [6.07, 6.45) is 43.6. The minimum atomic E-state index is -5.45. The van der Waals surface area contributed by atoms with Crippen LogP contribution in [0, 0.1) is 0 Å². The first-order chi connectivity index (χ1) is 36.5. The Morgan fingerprint density at radius 2 is 1.17 bits per heavy atom. The number of carbonyl (C=O) groups is 2. The molecule has 430 valence electrons. The van der Waals surface area contributed by atoms with E-state index < -0.39 is 83.7 Å². The molecule has 0 bridgehead atoms. The van der Waals surface area contributed by atoms with Gasteiger partial charge in [-0.25, -0.2) is 13.9 Å². The monoisotopic (exact) mass is 1110 g/mol. The van der Waals surface area contributed by atoms with Crippen LogP contribution in [0.1, 0.15) is 174 Å². The molecule has 0 radical (unpaired) electrons. The van der Waals surface area contributed by atoms with Gasteiger partial charge < -0.3 is 45.1 Å². The van der Waals surface area contributed by atoms with Gasteiger partial charge in [0, 0.05) is 19.0 Å². The third-order valence-electron chi connectivity index (χ3n) is 11.7. The van der Waals surface area contributed by atoms with E-state index in [1.165, 1.54) is 31.7 Å². The number of ether oxygens (including phenoxy) is 3. The molecule has 0 amide bonds. The van der Waals surface area contributed by atoms with Crippen LogP contribution < -0.4 is 11.4 Å². The molecule has 8 atom stereocenters. The zero-order chi connectivity index (χ0) is 55.7. The van der Waals surface area contributed by atoms with E-state index in [0.717, 1.165) is 107 Å². The molecule has 7 N–H and O–H groups in total. The van der Waals surface area contributed by atoms with Gasteiger partial charge in [-0.2, -0.15) is 9.29 Å². The quantitative estimate of drug-likeness (QED) is 0.0153. The summed E-state index contributed by atoms with van der Waals surface area (Å²) in [5, 5.41) is 30.2. The van der Waals surface area contributed by atoms with E-state index in [9.17, 15) is 48.6 Å². The second-order valence-corrected chi connectivity index (χ2v) is 21.7. The summed E-state index contributed by atoms with van der Waals surface area (Å²) >= 11 is 0. The summed E-state index contributed by atoms with van der Waals surface area (Å²) in [4.78, 5) is 62.0. The predicted molar refractivity (Wildman–Crippen MR) is 294 cm³/mol. The van der Waals surface area contributed by atoms with Crippen LogP contribution in [0.25, 0.3) is 0 Å². The molecule has 1 aliphatic rings. The van der Waals surface area contributed by atoms with Crippen molar-refractivity contribution in [3.05, 3.63) is 108 Å². The molecule has 0 aliphatic carbocycles. The summed E-state index contributed by atoms with van der Waals surface area (Å²) in [6, 6.07) is 1.24. The summed E-state index contributed by atoms with van der Waals surface area (Å²) in [6.45, 7) is 1.62. The first-order valence-corrected chi connectivity index (χ1v) is 30.1. The van der Waals surface area contributed by atoms with Crippen LogP contribution in [0.2, 0.25) is 0 Å². The van der Waals surface area contributed by atoms with Crippen LogP contribution in [0.5, 0.6) is 0 Å². The SMILES string of the molecule is CCCCCC/C=C\C/C=C\C/C=C\CCCCCCCCC(=O)O[C@H](COC(=O)CCC/C=C\C/C=C\C/C=C\C/C=C\CCC[C@@H](C)O)COP(=O)(O)OP(=O)(O)OC[C@H]1O[C@@H](n2ccc(N)nc2=O)[C@H](O)[C@@H]1O. The number of aromatic nitrogens is 2. The molecule has 0 saturated carbocycles. The van der Waals surface area contributed by atoms with Crippen LogP contribution in [0.3, 0.4) is 0 Å². The van der Waals surface area contributed by atoms with Crippen molar-refractivity contribution in [2.75, 3.05) is 25.6 Å². The van der Waals surface area contributed by atoms with E-state index in [1.807, 2.05) is 12.2 Å². The Morgan fingerprint density at radius 1 is 0.684 bits per heavy atom. The van der Waals surface area contributed by atoms with Crippen molar-refractivity contribution in [3.8, 4) is 0 Å². The lowest BCUT2D eigenvalue weighted by atomic mass is 10.1. The van der Waals surface area contributed by atoms with Gasteiger partial charge in [0.25, 0.3) is 0 Å². The number of hydrogen-bond donors (Lipinski definition) is 6. The summed E-state index contributed by atoms with van der Waals surface area (Å²) in [5.74, 6) is -1.40. The molecular weight excluding hydrogens is 1020 g/mol. The summed E-state index contributed by atoms with van der Waals surface area (Å²) < 4.78 is 56.8. The molecule has 2 heterocycles. The molecule has 21 heteroatoms. The molecule has 76 heavy (non-hydrogen) atoms. The highest BCUT2D eigenvalue weighted by molar-refractivity contribution is 7.61. The molecule has 1 aliphatic heterocycles. The smallest absolute Gasteiger partial charge is 0.462 e. The minimum absolute atomic E-state index is 0.0131. The zero-order valence-corrected chi connectivity index (χ0v) is 46.7. The van der Waals surface area contributed by atoms with Crippen molar-refractivity contribution in [3.63, 3.8) is 0 Å². The average Bonchev–Trinajstić information content (AvgIpc) is 3.65. The van der Waals surface area contributed by atoms with E-state index in [2.05, 4.69) is 89.1 Å². The number of nitrogen functional groups attached to an aromatic ring is 1. The first kappa shape index (κ1) is 68.0. The van der Waals surface area contributed by atoms with Gasteiger partial charge in [0.2, 0.25) is 0 Å². The van der Waals surface area contributed by atoms with Crippen molar-refractivity contribution in [1.82, 2.24) is 9.55 Å². The Balaban J connectivity index is 1.81. The van der Waals surface area contributed by atoms with E-state index >= 15 is 0 Å². The maximum absolute atomic E-state index is 12.9. The highest BCUT2D eigenvalue weighted by Crippen LogP contribution is 2.60. The second kappa shape index (κ2) is 41.9. The number of hydrogen-bond acceptors (Lipinski definition) is 16. The fourth-order valence-electron chi connectivity index (χ4n) is 7.51. The number of anilines is 1. The van der Waals surface area contributed by atoms with Gasteiger partial charge in [-0.05, 0) is 109 Å². The Bertz CT molecular complexity index is 2120. The van der Waals surface area contributed by atoms with Gasteiger partial charge in [0.15, 0.2) is 12.3 Å². The Hall–Kier alpha value is -4.10. The predicted octanol–water partition coefficient (Wildman–Crippen LogP) is 10.8. The number of aliphatic hydroxyl groups is 3. The lowest BCUT2D eigenvalue weighted by Gasteiger charge is -2.21. The molecule has 0 spiro atoms. The number of aliphatic hydroxyl groups excluding tert-OH is 3. The van der Waals surface area contributed by atoms with Gasteiger partial charge in [-0.1, -0.05) is 137 Å². The van der Waals surface area contributed by atoms with Gasteiger partial charge in [-0.15, -0.1) is 0 Å². The third-order valence-corrected chi connectivity index (χ3v) is 14.3. The summed E-state index contributed by atoms with van der Waals surface area (Å²) in [5.41, 5.74) is 4.58. The van der Waals surface area contributed by atoms with E-state index in [4.69, 9.17) is 29.0 Å². The van der Waals surface area contributed by atoms with Gasteiger partial charge >= 0.3 is 33.3 Å². The third kappa shape index (κ3) is 34.6. The number of esters is 2. The summed E-state index contributed by atoms with van der Waals surface area (Å²) in [7, 11) is -10.9. The van der Waals surface area contributed by atoms with E-state index in [1.54, 1.807) is 6.92 Å². The number of phosphoric acid groups is 2. The van der Waals surface area contributed by atoms with Gasteiger partial charge in [-0.3, -0.25) is 23.2 Å². The average molecular weight is 1110 g/mol. The van der Waals surface area contributed by atoms with Crippen molar-refractivity contribution in [1.29, 1.82) is 0 Å². The highest BCUT2D eigenvalue weighted by atomic mass is 31.3. The molecule has 19 nitrogen and oxygen atoms in total. The largest absolute Gasteiger partial charge is 0.481 e. The van der Waals surface area contributed by atoms with Crippen LogP contribution in [-0.4, -0.2) is 96.9 Å². The molecule has 1 aromatic heterocycles. The topological polar surface area (TPSA) is 286 Å². The molecule has 1 aromatic rings. The molecule has 2 unspecified atom stereocenters. The van der Waals surface area contributed by atoms with Crippen LogP contribution in [0.4, 0.5) is 5.82 Å². The van der Waals surface area contributed by atoms with Crippen molar-refractivity contribution in [2.45, 2.75) is 205 Å². The van der Waals surface area contributed by atoms with Crippen molar-refractivity contribution in [2.24, 2.45) is 0 Å². The fraction of sp³-hybridized carbons (Fsp3) is 0.636. The standard InChI is InChI=1S/C55H89N3O16P2/c1-3-4-5-6-7-8-9-10-11-12-13-14-15-18-22-25-28-31-34-37-40-51(61)72-47(43-69-50(60)39-36-33-30-27-24-21-19-16-17-20-23-26-29-32-35-38-46(2)59)44-70-75(65,66)74-76(67,68)71-45-48-52(62)53(63)54(73-48)58-42-41-49(56)57-55(58)64/h8-9,11-12,14-15,17,19-21,26-27,29-30,41-42,46-48,52-54,59,62-63H,3-7,10,13,16,18,22-25,28,31-40,43-45H2,1-2H3,(H,65,66)(H,67,68)(H2,56,57,64)/b9-8-,12-11-,15-14-,20-17-,21-19-,29-26-,30-27-/t46-,47-,48-,52-,53-,54-/m1/s1. The number of rotatable bonds is 44. The lowest BCUT2D eigenvalue weighted by molar-refractivity contribution is -0.161. The number of phosphoric ester groups is 2. The maximum atomic E-state index is 12.9. The lowest BCUT2D eigenvalue weighted by Crippen LogP contribution is -2.36. The molecule has 0 aromatic carbocycles. The number of carbonyl (C=O) groups excluding carboxylic acids is 2. The Morgan fingerprint density at radius 3 is 1.72 bits per heavy atom. The number of nitrogens with two attached hydrogens (primary N) is 1. The van der Waals surface area contributed by atoms with Crippen molar-refractivity contribution < 1.29 is 71.4 Å². The number of nitrogens with zero attached hydrogens (tertiary/aromatic N) is 2.